The predicted octanol–water partition coefficient (Wildman–Crippen LogP) is 2.89. The molecular formula is C13H20N4. The molecule has 0 bridgehead atoms. The van der Waals surface area contributed by atoms with Crippen molar-refractivity contribution in [3.8, 4) is 0 Å². The first-order chi connectivity index (χ1) is 8.16. The number of anilines is 1. The van der Waals surface area contributed by atoms with Gasteiger partial charge in [-0.1, -0.05) is 13.8 Å². The van der Waals surface area contributed by atoms with Gasteiger partial charge >= 0.3 is 0 Å². The monoisotopic (exact) mass is 232 g/mol. The second-order valence-corrected chi connectivity index (χ2v) is 4.85. The molecule has 2 heterocycles. The van der Waals surface area contributed by atoms with Crippen molar-refractivity contribution in [1.29, 1.82) is 0 Å². The van der Waals surface area contributed by atoms with E-state index in [-0.39, 0.29) is 0 Å². The average Bonchev–Trinajstić information content (AvgIpc) is 2.65. The van der Waals surface area contributed by atoms with Crippen LogP contribution in [0.4, 0.5) is 5.82 Å². The minimum atomic E-state index is 0.762. The van der Waals surface area contributed by atoms with Gasteiger partial charge in [0.2, 0.25) is 0 Å². The quantitative estimate of drug-likeness (QED) is 0.806. The summed E-state index contributed by atoms with van der Waals surface area (Å²) in [5, 5.41) is 7.75. The molecule has 92 valence electrons. The fraction of sp³-hybridized carbons (Fsp3) is 0.538. The van der Waals surface area contributed by atoms with Crippen LogP contribution in [0.15, 0.2) is 18.5 Å². The highest BCUT2D eigenvalue weighted by Crippen LogP contribution is 2.14. The van der Waals surface area contributed by atoms with Gasteiger partial charge in [0.1, 0.15) is 5.52 Å². The number of nitrogens with zero attached hydrogens (tertiary/aromatic N) is 3. The van der Waals surface area contributed by atoms with Gasteiger partial charge in [-0.2, -0.15) is 5.10 Å². The lowest BCUT2D eigenvalue weighted by Crippen LogP contribution is -2.06. The van der Waals surface area contributed by atoms with Gasteiger partial charge in [0.15, 0.2) is 5.82 Å². The second kappa shape index (κ2) is 5.17. The predicted molar refractivity (Wildman–Crippen MR) is 70.3 cm³/mol. The van der Waals surface area contributed by atoms with Crippen molar-refractivity contribution < 1.29 is 0 Å². The zero-order valence-electron chi connectivity index (χ0n) is 10.8. The maximum atomic E-state index is 4.37. The van der Waals surface area contributed by atoms with E-state index in [0.717, 1.165) is 29.5 Å². The molecule has 2 aromatic heterocycles. The SMILES string of the molecule is Cc1cc2c(NCCCC(C)C)nccn2n1. The maximum Gasteiger partial charge on any atom is 0.152 e. The Morgan fingerprint density at radius 2 is 2.24 bits per heavy atom. The Labute approximate surface area is 102 Å². The van der Waals surface area contributed by atoms with E-state index in [1.165, 1.54) is 12.8 Å². The first kappa shape index (κ1) is 11.9. The molecule has 2 aromatic rings. The van der Waals surface area contributed by atoms with Crippen LogP contribution in [0.3, 0.4) is 0 Å². The van der Waals surface area contributed by atoms with Crippen LogP contribution in [0.5, 0.6) is 0 Å². The van der Waals surface area contributed by atoms with Gasteiger partial charge in [0.05, 0.1) is 5.69 Å². The Morgan fingerprint density at radius 1 is 1.41 bits per heavy atom. The molecular weight excluding hydrogens is 212 g/mol. The van der Waals surface area contributed by atoms with E-state index in [1.54, 1.807) is 6.20 Å². The first-order valence-electron chi connectivity index (χ1n) is 6.21. The fourth-order valence-electron chi connectivity index (χ4n) is 1.90. The highest BCUT2D eigenvalue weighted by atomic mass is 15.2. The van der Waals surface area contributed by atoms with Gasteiger partial charge < -0.3 is 5.32 Å². The third-order valence-corrected chi connectivity index (χ3v) is 2.76. The normalized spacial score (nSPS) is 11.3. The molecule has 17 heavy (non-hydrogen) atoms. The zero-order chi connectivity index (χ0) is 12.3. The van der Waals surface area contributed by atoms with Crippen LogP contribution in [0.1, 0.15) is 32.4 Å². The molecule has 4 heteroatoms. The lowest BCUT2D eigenvalue weighted by atomic mass is 10.1. The van der Waals surface area contributed by atoms with Crippen molar-refractivity contribution in [1.82, 2.24) is 14.6 Å². The largest absolute Gasteiger partial charge is 0.368 e. The number of hydrogen-bond acceptors (Lipinski definition) is 3. The van der Waals surface area contributed by atoms with E-state index in [9.17, 15) is 0 Å². The minimum absolute atomic E-state index is 0.762. The number of rotatable bonds is 5. The zero-order valence-corrected chi connectivity index (χ0v) is 10.8. The molecule has 0 unspecified atom stereocenters. The molecule has 2 rings (SSSR count). The van der Waals surface area contributed by atoms with Crippen LogP contribution in [0.2, 0.25) is 0 Å². The number of aromatic nitrogens is 3. The second-order valence-electron chi connectivity index (χ2n) is 4.85. The summed E-state index contributed by atoms with van der Waals surface area (Å²) in [6.45, 7) is 7.46. The molecule has 0 saturated heterocycles. The van der Waals surface area contributed by atoms with E-state index >= 15 is 0 Å². The Hall–Kier alpha value is -1.58. The van der Waals surface area contributed by atoms with Crippen molar-refractivity contribution in [3.05, 3.63) is 24.2 Å². The highest BCUT2D eigenvalue weighted by molar-refractivity contribution is 5.67. The van der Waals surface area contributed by atoms with Crippen LogP contribution in [0, 0.1) is 12.8 Å². The molecule has 0 atom stereocenters. The lowest BCUT2D eigenvalue weighted by Gasteiger charge is -2.07. The van der Waals surface area contributed by atoms with Crippen molar-refractivity contribution >= 4 is 11.3 Å². The van der Waals surface area contributed by atoms with Crippen LogP contribution in [-0.2, 0) is 0 Å². The van der Waals surface area contributed by atoms with Crippen molar-refractivity contribution in [2.24, 2.45) is 5.92 Å². The van der Waals surface area contributed by atoms with Crippen molar-refractivity contribution in [3.63, 3.8) is 0 Å². The summed E-state index contributed by atoms with van der Waals surface area (Å²) in [4.78, 5) is 4.36. The van der Waals surface area contributed by atoms with Gasteiger partial charge in [0, 0.05) is 18.9 Å². The third kappa shape index (κ3) is 2.96. The van der Waals surface area contributed by atoms with E-state index in [1.807, 2.05) is 17.6 Å². The summed E-state index contributed by atoms with van der Waals surface area (Å²) in [5.41, 5.74) is 2.07. The maximum absolute atomic E-state index is 4.37. The summed E-state index contributed by atoms with van der Waals surface area (Å²) < 4.78 is 1.87. The molecule has 0 aliphatic carbocycles. The van der Waals surface area contributed by atoms with Crippen LogP contribution < -0.4 is 5.32 Å². The Morgan fingerprint density at radius 3 is 3.00 bits per heavy atom. The van der Waals surface area contributed by atoms with E-state index in [2.05, 4.69) is 35.3 Å². The number of fused-ring (bicyclic) bond motifs is 1. The highest BCUT2D eigenvalue weighted by Gasteiger charge is 2.04. The van der Waals surface area contributed by atoms with E-state index < -0.39 is 0 Å². The molecule has 0 aliphatic heterocycles. The Bertz CT molecular complexity index is 487. The summed E-state index contributed by atoms with van der Waals surface area (Å²) in [7, 11) is 0. The van der Waals surface area contributed by atoms with Gasteiger partial charge in [-0.15, -0.1) is 0 Å². The smallest absolute Gasteiger partial charge is 0.152 e. The molecule has 1 N–H and O–H groups in total. The molecule has 0 spiro atoms. The fourth-order valence-corrected chi connectivity index (χ4v) is 1.90. The molecule has 0 amide bonds. The Balaban J connectivity index is 2.03. The first-order valence-corrected chi connectivity index (χ1v) is 6.21. The summed E-state index contributed by atoms with van der Waals surface area (Å²) >= 11 is 0. The molecule has 0 radical (unpaired) electrons. The molecule has 0 aliphatic rings. The van der Waals surface area contributed by atoms with Crippen molar-refractivity contribution in [2.45, 2.75) is 33.6 Å². The van der Waals surface area contributed by atoms with E-state index in [0.29, 0.717) is 0 Å². The Kier molecular flexibility index (Phi) is 3.61. The van der Waals surface area contributed by atoms with Crippen LogP contribution >= 0.6 is 0 Å². The van der Waals surface area contributed by atoms with Crippen LogP contribution in [-0.4, -0.2) is 21.1 Å². The topological polar surface area (TPSA) is 42.2 Å². The van der Waals surface area contributed by atoms with Crippen LogP contribution in [0.25, 0.3) is 5.52 Å². The summed E-state index contributed by atoms with van der Waals surface area (Å²) in [6, 6.07) is 2.05. The van der Waals surface area contributed by atoms with Gasteiger partial charge in [0.25, 0.3) is 0 Å². The summed E-state index contributed by atoms with van der Waals surface area (Å²) in [6.07, 6.45) is 6.08. The number of hydrogen-bond donors (Lipinski definition) is 1. The molecule has 0 saturated carbocycles. The lowest BCUT2D eigenvalue weighted by molar-refractivity contribution is 0.567. The molecule has 4 nitrogen and oxygen atoms in total. The number of nitrogens with one attached hydrogen (secondary N) is 1. The third-order valence-electron chi connectivity index (χ3n) is 2.76. The molecule has 0 aromatic carbocycles. The van der Waals surface area contributed by atoms with Gasteiger partial charge in [-0.3, -0.25) is 0 Å². The van der Waals surface area contributed by atoms with Gasteiger partial charge in [-0.05, 0) is 31.7 Å². The van der Waals surface area contributed by atoms with Crippen molar-refractivity contribution in [2.75, 3.05) is 11.9 Å². The van der Waals surface area contributed by atoms with E-state index in [4.69, 9.17) is 0 Å². The average molecular weight is 232 g/mol. The minimum Gasteiger partial charge on any atom is -0.368 e. The standard InChI is InChI=1S/C13H20N4/c1-10(2)5-4-6-14-13-12-9-11(3)16-17(12)8-7-15-13/h7-10H,4-6H2,1-3H3,(H,14,15). The number of aryl methyl sites for hydroxylation is 1. The summed E-state index contributed by atoms with van der Waals surface area (Å²) in [5.74, 6) is 1.69. The molecule has 0 fully saturated rings. The van der Waals surface area contributed by atoms with Gasteiger partial charge in [-0.25, -0.2) is 9.50 Å².